The second kappa shape index (κ2) is 4.58. The molecule has 0 radical (unpaired) electrons. The van der Waals surface area contributed by atoms with E-state index in [9.17, 15) is 14.4 Å². The van der Waals surface area contributed by atoms with Crippen molar-refractivity contribution in [1.29, 1.82) is 0 Å². The first-order valence-corrected chi connectivity index (χ1v) is 5.42. The molecular formula is C12H13N3O3. The quantitative estimate of drug-likeness (QED) is 0.597. The molecule has 6 heteroatoms. The van der Waals surface area contributed by atoms with Crippen LogP contribution in [0.15, 0.2) is 24.3 Å². The highest BCUT2D eigenvalue weighted by molar-refractivity contribution is 6.22. The molecule has 3 amide bonds. The predicted octanol–water partition coefficient (Wildman–Crippen LogP) is -0.125. The van der Waals surface area contributed by atoms with Crippen molar-refractivity contribution < 1.29 is 14.4 Å². The molecular weight excluding hydrogens is 234 g/mol. The summed E-state index contributed by atoms with van der Waals surface area (Å²) in [6.45, 7) is -0.273. The Labute approximate surface area is 104 Å². The first-order chi connectivity index (χ1) is 8.50. The molecule has 1 aliphatic rings. The summed E-state index contributed by atoms with van der Waals surface area (Å²) in [7, 11) is 3.31. The highest BCUT2D eigenvalue weighted by Gasteiger charge is 2.36. The number of imide groups is 1. The summed E-state index contributed by atoms with van der Waals surface area (Å²) in [4.78, 5) is 36.4. The van der Waals surface area contributed by atoms with Crippen LogP contribution in [0.25, 0.3) is 0 Å². The van der Waals surface area contributed by atoms with Crippen LogP contribution in [-0.2, 0) is 4.79 Å². The zero-order valence-corrected chi connectivity index (χ0v) is 10.1. The molecule has 2 rings (SSSR count). The average Bonchev–Trinajstić information content (AvgIpc) is 2.54. The Morgan fingerprint density at radius 1 is 1.17 bits per heavy atom. The fraction of sp³-hybridized carbons (Fsp3) is 0.250. The van der Waals surface area contributed by atoms with E-state index in [1.165, 1.54) is 5.01 Å². The first kappa shape index (κ1) is 12.3. The van der Waals surface area contributed by atoms with Crippen LogP contribution < -0.4 is 5.43 Å². The minimum atomic E-state index is -0.426. The Bertz CT molecular complexity index is 490. The lowest BCUT2D eigenvalue weighted by Crippen LogP contribution is -2.44. The van der Waals surface area contributed by atoms with E-state index in [0.29, 0.717) is 11.1 Å². The standard InChI is InChI=1S/C12H13N3O3/c1-14(2)13-10(16)7-15-11(17)8-5-3-4-6-9(8)12(15)18/h3-6H,7H2,1-2H3,(H,13,16). The second-order valence-electron chi connectivity index (χ2n) is 4.17. The Morgan fingerprint density at radius 3 is 2.11 bits per heavy atom. The molecule has 1 heterocycles. The van der Waals surface area contributed by atoms with Crippen molar-refractivity contribution >= 4 is 17.7 Å². The van der Waals surface area contributed by atoms with Gasteiger partial charge in [-0.25, -0.2) is 5.01 Å². The SMILES string of the molecule is CN(C)NC(=O)CN1C(=O)c2ccccc2C1=O. The molecule has 0 aromatic heterocycles. The summed E-state index contributed by atoms with van der Waals surface area (Å²) in [6.07, 6.45) is 0. The van der Waals surface area contributed by atoms with Crippen LogP contribution in [0.3, 0.4) is 0 Å². The van der Waals surface area contributed by atoms with Crippen LogP contribution in [0.2, 0.25) is 0 Å². The summed E-state index contributed by atoms with van der Waals surface area (Å²) < 4.78 is 0. The minimum Gasteiger partial charge on any atom is -0.288 e. The van der Waals surface area contributed by atoms with Gasteiger partial charge in [0.1, 0.15) is 6.54 Å². The van der Waals surface area contributed by atoms with Gasteiger partial charge >= 0.3 is 0 Å². The fourth-order valence-corrected chi connectivity index (χ4v) is 1.81. The largest absolute Gasteiger partial charge is 0.288 e. The smallest absolute Gasteiger partial charge is 0.262 e. The summed E-state index contributed by atoms with van der Waals surface area (Å²) in [5, 5.41) is 1.46. The van der Waals surface area contributed by atoms with E-state index in [1.807, 2.05) is 0 Å². The zero-order valence-electron chi connectivity index (χ0n) is 10.1. The molecule has 1 aromatic rings. The maximum atomic E-state index is 11.9. The van der Waals surface area contributed by atoms with E-state index < -0.39 is 17.7 Å². The third-order valence-electron chi connectivity index (χ3n) is 2.53. The van der Waals surface area contributed by atoms with Gasteiger partial charge in [-0.3, -0.25) is 24.7 Å². The molecule has 0 saturated carbocycles. The number of benzene rings is 1. The number of carbonyl (C=O) groups excluding carboxylic acids is 3. The molecule has 0 unspecified atom stereocenters. The molecule has 1 N–H and O–H groups in total. The highest BCUT2D eigenvalue weighted by Crippen LogP contribution is 2.21. The minimum absolute atomic E-state index is 0.273. The van der Waals surface area contributed by atoms with Crippen LogP contribution in [-0.4, -0.2) is 48.3 Å². The Kier molecular flexibility index (Phi) is 3.12. The monoisotopic (exact) mass is 247 g/mol. The summed E-state index contributed by atoms with van der Waals surface area (Å²) in [5.74, 6) is -1.26. The van der Waals surface area contributed by atoms with E-state index in [2.05, 4.69) is 5.43 Å². The maximum absolute atomic E-state index is 11.9. The summed E-state index contributed by atoms with van der Waals surface area (Å²) in [5.41, 5.74) is 3.18. The number of hydrazine groups is 1. The van der Waals surface area contributed by atoms with Crippen molar-refractivity contribution in [2.24, 2.45) is 0 Å². The molecule has 0 atom stereocenters. The van der Waals surface area contributed by atoms with Gasteiger partial charge in [0.25, 0.3) is 17.7 Å². The number of hydrogen-bond donors (Lipinski definition) is 1. The maximum Gasteiger partial charge on any atom is 0.262 e. The van der Waals surface area contributed by atoms with Crippen LogP contribution in [0.4, 0.5) is 0 Å². The van der Waals surface area contributed by atoms with Crippen LogP contribution >= 0.6 is 0 Å². The van der Waals surface area contributed by atoms with E-state index in [-0.39, 0.29) is 6.54 Å². The molecule has 0 fully saturated rings. The summed E-state index contributed by atoms with van der Waals surface area (Å²) in [6, 6.07) is 6.54. The molecule has 6 nitrogen and oxygen atoms in total. The van der Waals surface area contributed by atoms with E-state index in [0.717, 1.165) is 4.90 Å². The molecule has 1 aromatic carbocycles. The second-order valence-corrected chi connectivity index (χ2v) is 4.17. The third kappa shape index (κ3) is 2.10. The number of nitrogens with zero attached hydrogens (tertiary/aromatic N) is 2. The van der Waals surface area contributed by atoms with Crippen LogP contribution in [0, 0.1) is 0 Å². The lowest BCUT2D eigenvalue weighted by Gasteiger charge is -2.16. The number of fused-ring (bicyclic) bond motifs is 1. The van der Waals surface area contributed by atoms with Gasteiger partial charge in [0, 0.05) is 14.1 Å². The first-order valence-electron chi connectivity index (χ1n) is 5.42. The van der Waals surface area contributed by atoms with Crippen molar-refractivity contribution in [1.82, 2.24) is 15.3 Å². The van der Waals surface area contributed by atoms with Gasteiger partial charge in [0.15, 0.2) is 0 Å². The Balaban J connectivity index is 2.16. The number of nitrogens with one attached hydrogen (secondary N) is 1. The fourth-order valence-electron chi connectivity index (χ4n) is 1.81. The lowest BCUT2D eigenvalue weighted by atomic mass is 10.1. The predicted molar refractivity (Wildman–Crippen MR) is 63.6 cm³/mol. The van der Waals surface area contributed by atoms with Crippen LogP contribution in [0.5, 0.6) is 0 Å². The summed E-state index contributed by atoms with van der Waals surface area (Å²) >= 11 is 0. The number of hydrogen-bond acceptors (Lipinski definition) is 4. The molecule has 94 valence electrons. The number of carbonyl (C=O) groups is 3. The van der Waals surface area contributed by atoms with E-state index >= 15 is 0 Å². The molecule has 0 spiro atoms. The highest BCUT2D eigenvalue weighted by atomic mass is 16.2. The van der Waals surface area contributed by atoms with Crippen molar-refractivity contribution in [3.8, 4) is 0 Å². The topological polar surface area (TPSA) is 69.7 Å². The van der Waals surface area contributed by atoms with Gasteiger partial charge < -0.3 is 0 Å². The van der Waals surface area contributed by atoms with E-state index in [1.54, 1.807) is 38.4 Å². The van der Waals surface area contributed by atoms with Gasteiger partial charge in [-0.15, -0.1) is 0 Å². The molecule has 0 bridgehead atoms. The molecule has 1 aliphatic heterocycles. The molecule has 0 saturated heterocycles. The van der Waals surface area contributed by atoms with Gasteiger partial charge in [0.05, 0.1) is 11.1 Å². The van der Waals surface area contributed by atoms with Crippen molar-refractivity contribution in [3.63, 3.8) is 0 Å². The normalized spacial score (nSPS) is 14.1. The lowest BCUT2D eigenvalue weighted by molar-refractivity contribution is -0.125. The number of rotatable bonds is 3. The van der Waals surface area contributed by atoms with E-state index in [4.69, 9.17) is 0 Å². The zero-order chi connectivity index (χ0) is 13.3. The van der Waals surface area contributed by atoms with Crippen molar-refractivity contribution in [2.45, 2.75) is 0 Å². The van der Waals surface area contributed by atoms with Gasteiger partial charge in [-0.1, -0.05) is 12.1 Å². The van der Waals surface area contributed by atoms with Crippen molar-refractivity contribution in [3.05, 3.63) is 35.4 Å². The molecule has 18 heavy (non-hydrogen) atoms. The average molecular weight is 247 g/mol. The van der Waals surface area contributed by atoms with Crippen LogP contribution in [0.1, 0.15) is 20.7 Å². The Hall–Kier alpha value is -2.21. The van der Waals surface area contributed by atoms with Crippen molar-refractivity contribution in [2.75, 3.05) is 20.6 Å². The number of amides is 3. The third-order valence-corrected chi connectivity index (χ3v) is 2.53. The van der Waals surface area contributed by atoms with Gasteiger partial charge in [-0.05, 0) is 12.1 Å². The van der Waals surface area contributed by atoms with Gasteiger partial charge in [-0.2, -0.15) is 0 Å². The van der Waals surface area contributed by atoms with Gasteiger partial charge in [0.2, 0.25) is 0 Å². The Morgan fingerprint density at radius 2 is 1.67 bits per heavy atom. The molecule has 0 aliphatic carbocycles.